The van der Waals surface area contributed by atoms with E-state index in [-0.39, 0.29) is 11.3 Å². The van der Waals surface area contributed by atoms with Crippen molar-refractivity contribution in [3.63, 3.8) is 0 Å². The van der Waals surface area contributed by atoms with Gasteiger partial charge in [-0.15, -0.1) is 0 Å². The number of ether oxygens (including phenoxy) is 2. The van der Waals surface area contributed by atoms with E-state index in [4.69, 9.17) is 18.3 Å². The third-order valence-electron chi connectivity index (χ3n) is 4.13. The molecule has 0 spiro atoms. The Morgan fingerprint density at radius 2 is 1.78 bits per heavy atom. The van der Waals surface area contributed by atoms with Crippen molar-refractivity contribution in [3.8, 4) is 0 Å². The van der Waals surface area contributed by atoms with E-state index in [9.17, 15) is 0 Å². The maximum atomic E-state index is 6.18. The maximum Gasteiger partial charge on any atom is 0.374 e. The van der Waals surface area contributed by atoms with E-state index in [0.29, 0.717) is 25.9 Å². The fourth-order valence-corrected chi connectivity index (χ4v) is 7.92. The minimum absolute atomic E-state index is 0.195. The highest BCUT2D eigenvalue weighted by atomic mass is 28.4. The average molecular weight is 274 g/mol. The molecule has 0 radical (unpaired) electrons. The fourth-order valence-electron chi connectivity index (χ4n) is 3.45. The Bertz CT molecular complexity index is 280. The number of epoxide rings is 1. The topological polar surface area (TPSA) is 40.2 Å². The monoisotopic (exact) mass is 274 g/mol. The van der Waals surface area contributed by atoms with Gasteiger partial charge in [0.25, 0.3) is 0 Å². The summed E-state index contributed by atoms with van der Waals surface area (Å²) in [5.41, 5.74) is 0. The van der Waals surface area contributed by atoms with Gasteiger partial charge in [0.1, 0.15) is 11.3 Å². The predicted octanol–water partition coefficient (Wildman–Crippen LogP) is 2.40. The SMILES string of the molecule is CCOC1(CC)C2OC2CC[Si]1(OCC)OCC. The normalized spacial score (nSPS) is 37.3. The second kappa shape index (κ2) is 5.59. The molecule has 5 heteroatoms. The molecule has 2 aliphatic heterocycles. The van der Waals surface area contributed by atoms with Crippen molar-refractivity contribution in [1.82, 2.24) is 0 Å². The largest absolute Gasteiger partial charge is 0.393 e. The van der Waals surface area contributed by atoms with Crippen LogP contribution < -0.4 is 0 Å². The van der Waals surface area contributed by atoms with Gasteiger partial charge in [-0.05, 0) is 39.7 Å². The van der Waals surface area contributed by atoms with Gasteiger partial charge in [0, 0.05) is 19.8 Å². The van der Waals surface area contributed by atoms with Crippen molar-refractivity contribution in [2.75, 3.05) is 19.8 Å². The first-order chi connectivity index (χ1) is 8.69. The molecular weight excluding hydrogens is 248 g/mol. The van der Waals surface area contributed by atoms with Gasteiger partial charge in [0.2, 0.25) is 0 Å². The second-order valence-corrected chi connectivity index (χ2v) is 8.36. The highest BCUT2D eigenvalue weighted by Crippen LogP contribution is 2.52. The van der Waals surface area contributed by atoms with Crippen molar-refractivity contribution in [2.24, 2.45) is 0 Å². The van der Waals surface area contributed by atoms with E-state index in [1.807, 2.05) is 20.8 Å². The summed E-state index contributed by atoms with van der Waals surface area (Å²) < 4.78 is 24.4. The van der Waals surface area contributed by atoms with Crippen LogP contribution in [0.25, 0.3) is 0 Å². The summed E-state index contributed by atoms with van der Waals surface area (Å²) in [6.07, 6.45) is 2.54. The van der Waals surface area contributed by atoms with Crippen LogP contribution in [0, 0.1) is 0 Å². The molecule has 2 fully saturated rings. The Morgan fingerprint density at radius 1 is 1.11 bits per heavy atom. The maximum absolute atomic E-state index is 6.18. The van der Waals surface area contributed by atoms with Crippen molar-refractivity contribution >= 4 is 8.56 Å². The van der Waals surface area contributed by atoms with Gasteiger partial charge in [-0.25, -0.2) is 0 Å². The lowest BCUT2D eigenvalue weighted by molar-refractivity contribution is -0.0474. The molecule has 18 heavy (non-hydrogen) atoms. The Balaban J connectivity index is 2.31. The van der Waals surface area contributed by atoms with Crippen LogP contribution in [0.2, 0.25) is 6.04 Å². The van der Waals surface area contributed by atoms with Gasteiger partial charge in [-0.1, -0.05) is 6.92 Å². The highest BCUT2D eigenvalue weighted by Gasteiger charge is 2.72. The Labute approximate surface area is 111 Å². The first-order valence-corrected chi connectivity index (χ1v) is 9.29. The van der Waals surface area contributed by atoms with Crippen molar-refractivity contribution in [3.05, 3.63) is 0 Å². The van der Waals surface area contributed by atoms with Gasteiger partial charge in [0.05, 0.1) is 6.10 Å². The van der Waals surface area contributed by atoms with Crippen LogP contribution in [0.15, 0.2) is 0 Å². The Kier molecular flexibility index (Phi) is 4.49. The third kappa shape index (κ3) is 2.06. The van der Waals surface area contributed by atoms with Crippen LogP contribution >= 0.6 is 0 Å². The molecule has 2 rings (SSSR count). The molecule has 0 aliphatic carbocycles. The van der Waals surface area contributed by atoms with E-state index in [0.717, 1.165) is 18.9 Å². The standard InChI is InChI=1S/C13H26O4Si/c1-5-13(14-6-2)12-11(17-12)9-10-18(13,15-7-3)16-8-4/h11-12H,5-10H2,1-4H3. The molecule has 0 aromatic rings. The van der Waals surface area contributed by atoms with Crippen LogP contribution in [0.3, 0.4) is 0 Å². The summed E-state index contributed by atoms with van der Waals surface area (Å²) >= 11 is 0. The molecule has 3 atom stereocenters. The number of hydrogen-bond acceptors (Lipinski definition) is 4. The molecule has 0 saturated carbocycles. The summed E-state index contributed by atoms with van der Waals surface area (Å²) in [6, 6.07) is 0.990. The zero-order valence-electron chi connectivity index (χ0n) is 12.0. The lowest BCUT2D eigenvalue weighted by atomic mass is 10.1. The van der Waals surface area contributed by atoms with E-state index in [2.05, 4.69) is 6.92 Å². The number of hydrogen-bond donors (Lipinski definition) is 0. The second-order valence-electron chi connectivity index (χ2n) is 4.93. The minimum Gasteiger partial charge on any atom is -0.393 e. The van der Waals surface area contributed by atoms with Gasteiger partial charge < -0.3 is 18.3 Å². The zero-order chi connectivity index (χ0) is 13.2. The van der Waals surface area contributed by atoms with Crippen molar-refractivity contribution in [1.29, 1.82) is 0 Å². The quantitative estimate of drug-likeness (QED) is 0.528. The van der Waals surface area contributed by atoms with Gasteiger partial charge in [-0.3, -0.25) is 0 Å². The molecule has 0 bridgehead atoms. The minimum atomic E-state index is -2.35. The predicted molar refractivity (Wildman–Crippen MR) is 71.7 cm³/mol. The smallest absolute Gasteiger partial charge is 0.374 e. The van der Waals surface area contributed by atoms with E-state index >= 15 is 0 Å². The average Bonchev–Trinajstić information content (AvgIpc) is 3.14. The molecule has 106 valence electrons. The zero-order valence-corrected chi connectivity index (χ0v) is 13.0. The Hall–Kier alpha value is 0.0569. The van der Waals surface area contributed by atoms with E-state index in [1.165, 1.54) is 0 Å². The molecule has 0 N–H and O–H groups in total. The summed E-state index contributed by atoms with van der Waals surface area (Å²) in [5.74, 6) is 0. The third-order valence-corrected chi connectivity index (χ3v) is 8.66. The van der Waals surface area contributed by atoms with Crippen LogP contribution in [0.5, 0.6) is 0 Å². The molecule has 3 unspecified atom stereocenters. The highest BCUT2D eigenvalue weighted by molar-refractivity contribution is 6.71. The molecule has 2 aliphatic rings. The fraction of sp³-hybridized carbons (Fsp3) is 1.00. The number of fused-ring (bicyclic) bond motifs is 1. The first kappa shape index (κ1) is 14.5. The van der Waals surface area contributed by atoms with Crippen LogP contribution in [-0.2, 0) is 18.3 Å². The molecule has 2 saturated heterocycles. The summed E-state index contributed by atoms with van der Waals surface area (Å²) in [4.78, 5) is 0. The summed E-state index contributed by atoms with van der Waals surface area (Å²) in [6.45, 7) is 10.4. The van der Waals surface area contributed by atoms with Crippen molar-refractivity contribution in [2.45, 2.75) is 64.0 Å². The summed E-state index contributed by atoms with van der Waals surface area (Å²) in [5, 5.41) is -0.309. The van der Waals surface area contributed by atoms with Crippen LogP contribution in [0.4, 0.5) is 0 Å². The first-order valence-electron chi connectivity index (χ1n) is 7.27. The van der Waals surface area contributed by atoms with Crippen LogP contribution in [0.1, 0.15) is 40.5 Å². The van der Waals surface area contributed by atoms with Gasteiger partial charge >= 0.3 is 8.56 Å². The summed E-state index contributed by atoms with van der Waals surface area (Å²) in [7, 11) is -2.35. The van der Waals surface area contributed by atoms with E-state index < -0.39 is 8.56 Å². The lowest BCUT2D eigenvalue weighted by Gasteiger charge is -2.47. The molecule has 2 heterocycles. The molecule has 4 nitrogen and oxygen atoms in total. The molecular formula is C13H26O4Si. The number of rotatable bonds is 7. The Morgan fingerprint density at radius 3 is 2.28 bits per heavy atom. The van der Waals surface area contributed by atoms with E-state index in [1.54, 1.807) is 0 Å². The van der Waals surface area contributed by atoms with Crippen molar-refractivity contribution < 1.29 is 18.3 Å². The van der Waals surface area contributed by atoms with Crippen LogP contribution in [-0.4, -0.2) is 45.8 Å². The molecule has 0 amide bonds. The lowest BCUT2D eigenvalue weighted by Crippen LogP contribution is -2.69. The van der Waals surface area contributed by atoms with Gasteiger partial charge in [-0.2, -0.15) is 0 Å². The van der Waals surface area contributed by atoms with Gasteiger partial charge in [0.15, 0.2) is 0 Å². The molecule has 0 aromatic carbocycles. The molecule has 0 aromatic heterocycles.